The van der Waals surface area contributed by atoms with Gasteiger partial charge in [0.25, 0.3) is 0 Å². The van der Waals surface area contributed by atoms with E-state index < -0.39 is 28.9 Å². The zero-order valence-electron chi connectivity index (χ0n) is 9.17. The summed E-state index contributed by atoms with van der Waals surface area (Å²) >= 11 is 0. The van der Waals surface area contributed by atoms with Gasteiger partial charge in [0.2, 0.25) is 0 Å². The summed E-state index contributed by atoms with van der Waals surface area (Å²) in [5, 5.41) is 9.03. The summed E-state index contributed by atoms with van der Waals surface area (Å²) in [6, 6.07) is 0. The maximum atomic E-state index is 12.3. The highest BCUT2D eigenvalue weighted by atomic mass is 19.4. The number of fused-ring (bicyclic) bond motifs is 2. The first-order chi connectivity index (χ1) is 7.58. The van der Waals surface area contributed by atoms with Crippen molar-refractivity contribution in [2.45, 2.75) is 25.9 Å². The van der Waals surface area contributed by atoms with Crippen LogP contribution < -0.4 is 0 Å². The third kappa shape index (κ3) is 1.77. The van der Waals surface area contributed by atoms with E-state index in [-0.39, 0.29) is 13.1 Å². The van der Waals surface area contributed by atoms with Crippen LogP contribution in [0.2, 0.25) is 0 Å². The summed E-state index contributed by atoms with van der Waals surface area (Å²) in [4.78, 5) is 22.8. The predicted octanol–water partition coefficient (Wildman–Crippen LogP) is 1.26. The molecule has 0 aromatic rings. The largest absolute Gasteiger partial charge is 0.481 e. The lowest BCUT2D eigenvalue weighted by atomic mass is 9.50. The molecule has 1 saturated carbocycles. The highest BCUT2D eigenvalue weighted by molar-refractivity contribution is 5.84. The molecule has 0 unspecified atom stereocenters. The Bertz CT molecular complexity index is 385. The lowest BCUT2D eigenvalue weighted by Crippen LogP contribution is -2.67. The lowest BCUT2D eigenvalue weighted by Gasteiger charge is -2.60. The van der Waals surface area contributed by atoms with Gasteiger partial charge in [-0.1, -0.05) is 6.92 Å². The number of hydrogen-bond donors (Lipinski definition) is 1. The van der Waals surface area contributed by atoms with Gasteiger partial charge in [0, 0.05) is 13.1 Å². The number of rotatable bonds is 1. The number of alkyl halides is 3. The molecule has 2 bridgehead atoms. The van der Waals surface area contributed by atoms with E-state index in [0.717, 1.165) is 0 Å². The first-order valence-electron chi connectivity index (χ1n) is 5.18. The van der Waals surface area contributed by atoms with Gasteiger partial charge in [0.15, 0.2) is 0 Å². The number of nitrogens with zero attached hydrogens (tertiary/aromatic N) is 1. The number of carboxylic acids is 1. The van der Waals surface area contributed by atoms with Crippen LogP contribution in [0.15, 0.2) is 0 Å². The van der Waals surface area contributed by atoms with Crippen LogP contribution >= 0.6 is 0 Å². The Morgan fingerprint density at radius 1 is 1.24 bits per heavy atom. The quantitative estimate of drug-likeness (QED) is 0.763. The number of carbonyl (C=O) groups excluding carboxylic acids is 1. The molecule has 3 fully saturated rings. The van der Waals surface area contributed by atoms with Crippen LogP contribution in [0.25, 0.3) is 0 Å². The Labute approximate surface area is 95.4 Å². The van der Waals surface area contributed by atoms with Crippen LogP contribution in [0, 0.1) is 10.8 Å². The van der Waals surface area contributed by atoms with Crippen LogP contribution in [-0.4, -0.2) is 41.1 Å². The van der Waals surface area contributed by atoms with Gasteiger partial charge in [-0.25, -0.2) is 0 Å². The van der Waals surface area contributed by atoms with E-state index in [1.807, 2.05) is 0 Å². The second-order valence-corrected chi connectivity index (χ2v) is 5.41. The number of halogens is 3. The maximum Gasteiger partial charge on any atom is 0.471 e. The second-order valence-electron chi connectivity index (χ2n) is 5.41. The van der Waals surface area contributed by atoms with Crippen molar-refractivity contribution in [1.29, 1.82) is 0 Å². The zero-order chi connectivity index (χ0) is 13.1. The smallest absolute Gasteiger partial charge is 0.471 e. The molecule has 3 aliphatic rings. The van der Waals surface area contributed by atoms with Crippen molar-refractivity contribution >= 4 is 11.9 Å². The molecule has 4 nitrogen and oxygen atoms in total. The number of carboxylic acid groups (broad SMARTS) is 1. The van der Waals surface area contributed by atoms with Crippen LogP contribution in [0.4, 0.5) is 13.2 Å². The molecule has 0 aromatic heterocycles. The van der Waals surface area contributed by atoms with E-state index in [0.29, 0.717) is 17.7 Å². The molecule has 0 atom stereocenters. The van der Waals surface area contributed by atoms with Gasteiger partial charge in [0.1, 0.15) is 0 Å². The minimum absolute atomic E-state index is 0.0135. The summed E-state index contributed by atoms with van der Waals surface area (Å²) in [6.45, 7) is 1.36. The third-order valence-corrected chi connectivity index (χ3v) is 3.58. The van der Waals surface area contributed by atoms with E-state index in [2.05, 4.69) is 0 Å². The highest BCUT2D eigenvalue weighted by Crippen LogP contribution is 2.59. The molecule has 1 amide bonds. The topological polar surface area (TPSA) is 57.6 Å². The number of aliphatic carboxylic acids is 1. The Morgan fingerprint density at radius 2 is 1.76 bits per heavy atom. The SMILES string of the molecule is CC12CN(C(=O)C(F)(F)F)CC(C(=O)O)(C1)C2. The molecule has 3 rings (SSSR count). The summed E-state index contributed by atoms with van der Waals surface area (Å²) < 4.78 is 36.9. The van der Waals surface area contributed by atoms with Crippen LogP contribution in [0.5, 0.6) is 0 Å². The van der Waals surface area contributed by atoms with Gasteiger partial charge in [0.05, 0.1) is 5.41 Å². The fourth-order valence-electron chi connectivity index (χ4n) is 3.23. The summed E-state index contributed by atoms with van der Waals surface area (Å²) in [7, 11) is 0. The molecular formula is C10H12F3NO3. The van der Waals surface area contributed by atoms with Crippen molar-refractivity contribution in [3.63, 3.8) is 0 Å². The lowest BCUT2D eigenvalue weighted by molar-refractivity contribution is -0.208. The third-order valence-electron chi connectivity index (χ3n) is 3.58. The number of piperidine rings is 2. The first kappa shape index (κ1) is 12.2. The highest BCUT2D eigenvalue weighted by Gasteiger charge is 2.63. The molecule has 7 heteroatoms. The fourth-order valence-corrected chi connectivity index (χ4v) is 3.23. The maximum absolute atomic E-state index is 12.3. The van der Waals surface area contributed by atoms with Crippen LogP contribution in [0.3, 0.4) is 0 Å². The monoisotopic (exact) mass is 251 g/mol. The molecule has 1 aliphatic carbocycles. The van der Waals surface area contributed by atoms with Gasteiger partial charge in [-0.05, 0) is 18.3 Å². The molecule has 17 heavy (non-hydrogen) atoms. The van der Waals surface area contributed by atoms with E-state index in [1.54, 1.807) is 6.92 Å². The van der Waals surface area contributed by atoms with Crippen molar-refractivity contribution in [3.05, 3.63) is 0 Å². The zero-order valence-corrected chi connectivity index (χ0v) is 9.17. The van der Waals surface area contributed by atoms with E-state index in [9.17, 15) is 22.8 Å². The van der Waals surface area contributed by atoms with Gasteiger partial charge < -0.3 is 10.0 Å². The minimum Gasteiger partial charge on any atom is -0.481 e. The minimum atomic E-state index is -4.93. The number of amides is 1. The number of carbonyl (C=O) groups is 2. The van der Waals surface area contributed by atoms with E-state index in [4.69, 9.17) is 5.11 Å². The molecule has 96 valence electrons. The molecule has 2 heterocycles. The van der Waals surface area contributed by atoms with Gasteiger partial charge in [-0.2, -0.15) is 13.2 Å². The predicted molar refractivity (Wildman–Crippen MR) is 50.0 cm³/mol. The molecule has 0 radical (unpaired) electrons. The molecule has 2 saturated heterocycles. The van der Waals surface area contributed by atoms with E-state index in [1.165, 1.54) is 0 Å². The van der Waals surface area contributed by atoms with Crippen LogP contribution in [0.1, 0.15) is 19.8 Å². The van der Waals surface area contributed by atoms with Crippen molar-refractivity contribution < 1.29 is 27.9 Å². The van der Waals surface area contributed by atoms with Gasteiger partial charge in [-0.3, -0.25) is 9.59 Å². The van der Waals surface area contributed by atoms with Crippen LogP contribution in [-0.2, 0) is 9.59 Å². The average Bonchev–Trinajstić information content (AvgIpc) is 2.12. The molecule has 0 aromatic carbocycles. The van der Waals surface area contributed by atoms with Gasteiger partial charge in [-0.15, -0.1) is 0 Å². The Balaban J connectivity index is 2.19. The van der Waals surface area contributed by atoms with E-state index >= 15 is 0 Å². The Morgan fingerprint density at radius 3 is 2.18 bits per heavy atom. The van der Waals surface area contributed by atoms with Crippen molar-refractivity contribution in [2.75, 3.05) is 13.1 Å². The molecule has 0 spiro atoms. The average molecular weight is 251 g/mol. The first-order valence-corrected chi connectivity index (χ1v) is 5.18. The summed E-state index contributed by atoms with van der Waals surface area (Å²) in [5.41, 5.74) is -1.66. The second kappa shape index (κ2) is 3.14. The van der Waals surface area contributed by atoms with Crippen molar-refractivity contribution in [3.8, 4) is 0 Å². The van der Waals surface area contributed by atoms with Gasteiger partial charge >= 0.3 is 18.1 Å². The summed E-state index contributed by atoms with van der Waals surface area (Å²) in [5.74, 6) is -3.05. The molecule has 2 aliphatic heterocycles. The normalized spacial score (nSPS) is 36.4. The molecular weight excluding hydrogens is 239 g/mol. The fraction of sp³-hybridized carbons (Fsp3) is 0.800. The Kier molecular flexibility index (Phi) is 2.25. The van der Waals surface area contributed by atoms with Crippen molar-refractivity contribution in [2.24, 2.45) is 10.8 Å². The summed E-state index contributed by atoms with van der Waals surface area (Å²) in [6.07, 6.45) is -4.24. The Hall–Kier alpha value is -1.27. The number of hydrogen-bond acceptors (Lipinski definition) is 2. The van der Waals surface area contributed by atoms with Crippen molar-refractivity contribution in [1.82, 2.24) is 4.90 Å². The molecule has 1 N–H and O–H groups in total. The standard InChI is InChI=1S/C10H12F3NO3/c1-8-2-9(3-8,7(16)17)5-14(4-8)6(15)10(11,12)13/h2-5H2,1H3,(H,16,17).